The van der Waals surface area contributed by atoms with Crippen molar-refractivity contribution < 1.29 is 8.42 Å². The molecule has 172 valence electrons. The SMILES string of the molecule is C[C@@H](CC1CCCCCC1)NCc1ccccc1-c1sc(S(N)(=O)=O)cc1-c1ccsc1. The summed E-state index contributed by atoms with van der Waals surface area (Å²) in [4.78, 5) is 0.959. The Morgan fingerprint density at radius 2 is 1.84 bits per heavy atom. The van der Waals surface area contributed by atoms with Gasteiger partial charge in [0.15, 0.2) is 0 Å². The molecule has 1 aliphatic rings. The minimum absolute atomic E-state index is 0.207. The monoisotopic (exact) mass is 488 g/mol. The number of nitrogens with one attached hydrogen (secondary N) is 1. The molecule has 3 aromatic rings. The standard InChI is InChI=1S/C25H32N2O2S3/c1-18(14-19-8-4-2-3-5-9-19)27-16-20-10-6-7-11-22(20)25-23(21-12-13-30-17-21)15-24(31-25)32(26,28)29/h6-7,10-13,15,17-19,27H,2-5,8-9,14,16H2,1H3,(H2,26,28,29)/t18-/m0/s1. The summed E-state index contributed by atoms with van der Waals surface area (Å²) < 4.78 is 24.4. The average molecular weight is 489 g/mol. The van der Waals surface area contributed by atoms with Crippen molar-refractivity contribution in [1.82, 2.24) is 5.32 Å². The minimum Gasteiger partial charge on any atom is -0.310 e. The van der Waals surface area contributed by atoms with Gasteiger partial charge in [-0.1, -0.05) is 62.8 Å². The third-order valence-corrected chi connectivity index (χ3v) is 9.66. The van der Waals surface area contributed by atoms with E-state index < -0.39 is 10.0 Å². The molecule has 1 aromatic carbocycles. The van der Waals surface area contributed by atoms with Crippen LogP contribution in [-0.2, 0) is 16.6 Å². The molecule has 0 aliphatic heterocycles. The molecule has 4 nitrogen and oxygen atoms in total. The van der Waals surface area contributed by atoms with Crippen LogP contribution in [0.2, 0.25) is 0 Å². The van der Waals surface area contributed by atoms with Crippen molar-refractivity contribution in [2.24, 2.45) is 11.1 Å². The summed E-state index contributed by atoms with van der Waals surface area (Å²) in [7, 11) is -3.76. The van der Waals surface area contributed by atoms with Crippen LogP contribution in [0.5, 0.6) is 0 Å². The van der Waals surface area contributed by atoms with Gasteiger partial charge in [0.05, 0.1) is 0 Å². The molecule has 4 rings (SSSR count). The number of primary sulfonamides is 1. The highest BCUT2D eigenvalue weighted by Crippen LogP contribution is 2.42. The Kier molecular flexibility index (Phi) is 7.84. The summed E-state index contributed by atoms with van der Waals surface area (Å²) in [5, 5.41) is 13.3. The predicted molar refractivity (Wildman–Crippen MR) is 137 cm³/mol. The largest absolute Gasteiger partial charge is 0.310 e. The van der Waals surface area contributed by atoms with Gasteiger partial charge in [0.2, 0.25) is 10.0 Å². The number of thiophene rings is 2. The second-order valence-electron chi connectivity index (χ2n) is 8.90. The first-order chi connectivity index (χ1) is 15.4. The fraction of sp³-hybridized carbons (Fsp3) is 0.440. The maximum absolute atomic E-state index is 12.1. The number of hydrogen-bond donors (Lipinski definition) is 2. The topological polar surface area (TPSA) is 72.2 Å². The van der Waals surface area contributed by atoms with Crippen molar-refractivity contribution in [3.63, 3.8) is 0 Å². The summed E-state index contributed by atoms with van der Waals surface area (Å²) in [6.45, 7) is 3.05. The molecule has 3 N–H and O–H groups in total. The fourth-order valence-corrected chi connectivity index (χ4v) is 7.33. The first-order valence-electron chi connectivity index (χ1n) is 11.4. The molecule has 32 heavy (non-hydrogen) atoms. The van der Waals surface area contributed by atoms with E-state index in [2.05, 4.69) is 30.4 Å². The van der Waals surface area contributed by atoms with E-state index in [4.69, 9.17) is 5.14 Å². The minimum atomic E-state index is -3.76. The quantitative estimate of drug-likeness (QED) is 0.350. The van der Waals surface area contributed by atoms with Crippen molar-refractivity contribution in [3.8, 4) is 21.6 Å². The molecular formula is C25H32N2O2S3. The van der Waals surface area contributed by atoms with Gasteiger partial charge in [-0.25, -0.2) is 13.6 Å². The van der Waals surface area contributed by atoms with Crippen LogP contribution in [0.1, 0.15) is 57.4 Å². The van der Waals surface area contributed by atoms with E-state index in [0.717, 1.165) is 34.0 Å². The lowest BCUT2D eigenvalue weighted by Crippen LogP contribution is -2.28. The smallest absolute Gasteiger partial charge is 0.247 e. The Morgan fingerprint density at radius 1 is 1.09 bits per heavy atom. The molecular weight excluding hydrogens is 456 g/mol. The predicted octanol–water partition coefficient (Wildman–Crippen LogP) is 6.63. The van der Waals surface area contributed by atoms with Crippen molar-refractivity contribution >= 4 is 32.7 Å². The maximum Gasteiger partial charge on any atom is 0.247 e. The fourth-order valence-electron chi connectivity index (χ4n) is 4.70. The highest BCUT2D eigenvalue weighted by atomic mass is 32.2. The highest BCUT2D eigenvalue weighted by Gasteiger charge is 2.21. The van der Waals surface area contributed by atoms with Crippen molar-refractivity contribution in [2.75, 3.05) is 0 Å². The summed E-state index contributed by atoms with van der Waals surface area (Å²) >= 11 is 2.86. The number of benzene rings is 1. The van der Waals surface area contributed by atoms with E-state index >= 15 is 0 Å². The lowest BCUT2D eigenvalue weighted by molar-refractivity contribution is 0.363. The van der Waals surface area contributed by atoms with E-state index in [1.165, 1.54) is 61.8 Å². The van der Waals surface area contributed by atoms with Gasteiger partial charge in [0, 0.05) is 23.0 Å². The lowest BCUT2D eigenvalue weighted by atomic mass is 9.93. The molecule has 1 aliphatic carbocycles. The molecule has 1 saturated carbocycles. The van der Waals surface area contributed by atoms with Gasteiger partial charge in [0.25, 0.3) is 0 Å². The Labute approximate surface area is 199 Å². The van der Waals surface area contributed by atoms with E-state index in [1.807, 2.05) is 22.9 Å². The zero-order valence-electron chi connectivity index (χ0n) is 18.5. The second kappa shape index (κ2) is 10.6. The molecule has 0 unspecified atom stereocenters. The van der Waals surface area contributed by atoms with Crippen LogP contribution in [0.4, 0.5) is 0 Å². The maximum atomic E-state index is 12.1. The van der Waals surface area contributed by atoms with Gasteiger partial charge in [-0.2, -0.15) is 11.3 Å². The normalized spacial score (nSPS) is 16.7. The van der Waals surface area contributed by atoms with Gasteiger partial charge in [0.1, 0.15) is 4.21 Å². The molecule has 2 heterocycles. The molecule has 1 fully saturated rings. The van der Waals surface area contributed by atoms with Crippen LogP contribution in [0.15, 0.2) is 51.4 Å². The number of rotatable bonds is 8. The molecule has 0 radical (unpaired) electrons. The Balaban J connectivity index is 1.56. The van der Waals surface area contributed by atoms with Crippen LogP contribution < -0.4 is 10.5 Å². The summed E-state index contributed by atoms with van der Waals surface area (Å²) in [6, 6.07) is 12.5. The van der Waals surface area contributed by atoms with E-state index in [-0.39, 0.29) is 4.21 Å². The van der Waals surface area contributed by atoms with Crippen LogP contribution in [0.25, 0.3) is 21.6 Å². The third-order valence-electron chi connectivity index (χ3n) is 6.39. The molecule has 0 spiro atoms. The zero-order chi connectivity index (χ0) is 22.6. The number of hydrogen-bond acceptors (Lipinski definition) is 5. The summed E-state index contributed by atoms with van der Waals surface area (Å²) in [5.74, 6) is 0.829. The molecule has 0 saturated heterocycles. The van der Waals surface area contributed by atoms with Crippen molar-refractivity contribution in [3.05, 3.63) is 52.7 Å². The van der Waals surface area contributed by atoms with Crippen LogP contribution in [0, 0.1) is 5.92 Å². The van der Waals surface area contributed by atoms with Crippen molar-refractivity contribution in [1.29, 1.82) is 0 Å². The van der Waals surface area contributed by atoms with Gasteiger partial charge < -0.3 is 5.32 Å². The van der Waals surface area contributed by atoms with Gasteiger partial charge in [-0.15, -0.1) is 11.3 Å². The van der Waals surface area contributed by atoms with E-state index in [1.54, 1.807) is 17.4 Å². The third kappa shape index (κ3) is 5.88. The zero-order valence-corrected chi connectivity index (χ0v) is 21.0. The molecule has 7 heteroatoms. The molecule has 2 aromatic heterocycles. The Bertz CT molecular complexity index is 1110. The molecule has 0 amide bonds. The van der Waals surface area contributed by atoms with Gasteiger partial charge in [-0.05, 0) is 58.8 Å². The first-order valence-corrected chi connectivity index (χ1v) is 14.7. The molecule has 0 bridgehead atoms. The van der Waals surface area contributed by atoms with Crippen molar-refractivity contribution in [2.45, 2.75) is 68.7 Å². The average Bonchev–Trinajstić information content (AvgIpc) is 3.38. The first kappa shape index (κ1) is 23.6. The number of nitrogens with two attached hydrogens (primary N) is 1. The van der Waals surface area contributed by atoms with Crippen LogP contribution in [-0.4, -0.2) is 14.5 Å². The van der Waals surface area contributed by atoms with Gasteiger partial charge in [-0.3, -0.25) is 0 Å². The number of sulfonamides is 1. The Morgan fingerprint density at radius 3 is 2.53 bits per heavy atom. The Hall–Kier alpha value is -1.51. The van der Waals surface area contributed by atoms with Crippen LogP contribution >= 0.6 is 22.7 Å². The van der Waals surface area contributed by atoms with E-state index in [0.29, 0.717) is 6.04 Å². The van der Waals surface area contributed by atoms with Gasteiger partial charge >= 0.3 is 0 Å². The van der Waals surface area contributed by atoms with E-state index in [9.17, 15) is 8.42 Å². The summed E-state index contributed by atoms with van der Waals surface area (Å²) in [5.41, 5.74) is 4.21. The summed E-state index contributed by atoms with van der Waals surface area (Å²) in [6.07, 6.45) is 9.46. The molecule has 1 atom stereocenters. The van der Waals surface area contributed by atoms with Crippen LogP contribution in [0.3, 0.4) is 0 Å². The second-order valence-corrected chi connectivity index (χ2v) is 12.5. The lowest BCUT2D eigenvalue weighted by Gasteiger charge is -2.21. The highest BCUT2D eigenvalue weighted by molar-refractivity contribution is 7.91.